The van der Waals surface area contributed by atoms with Crippen LogP contribution in [0.4, 0.5) is 0 Å². The zero-order valence-corrected chi connectivity index (χ0v) is 24.0. The number of nitrogens with two attached hydrogens (primary N) is 2. The Balaban J connectivity index is 2.50. The molecule has 0 aromatic heterocycles. The molecular formula is C27H40N8O7. The number of carboxylic acids is 1. The summed E-state index contributed by atoms with van der Waals surface area (Å²) in [7, 11) is 1.42. The van der Waals surface area contributed by atoms with Crippen LogP contribution in [0, 0.1) is 5.92 Å². The van der Waals surface area contributed by atoms with Gasteiger partial charge in [0.2, 0.25) is 29.5 Å². The van der Waals surface area contributed by atoms with Crippen molar-refractivity contribution >= 4 is 41.5 Å². The number of likely N-dealkylation sites (N-methyl/N-ethyl adjacent to an activating group) is 1. The van der Waals surface area contributed by atoms with Gasteiger partial charge in [0.15, 0.2) is 5.96 Å². The molecule has 1 aliphatic heterocycles. The highest BCUT2D eigenvalue weighted by atomic mass is 16.4. The molecule has 0 radical (unpaired) electrons. The number of benzene rings is 1. The predicted octanol–water partition coefficient (Wildman–Crippen LogP) is -2.18. The zero-order chi connectivity index (χ0) is 31.4. The lowest BCUT2D eigenvalue weighted by atomic mass is 9.98. The largest absolute Gasteiger partial charge is 0.481 e. The van der Waals surface area contributed by atoms with Crippen LogP contribution in [0.25, 0.3) is 0 Å². The fraction of sp³-hybridized carbons (Fsp3) is 0.519. The minimum absolute atomic E-state index is 0.0311. The van der Waals surface area contributed by atoms with Crippen molar-refractivity contribution in [3.05, 3.63) is 35.9 Å². The van der Waals surface area contributed by atoms with Crippen molar-refractivity contribution in [2.75, 3.05) is 20.1 Å². The highest BCUT2D eigenvalue weighted by Gasteiger charge is 2.37. The zero-order valence-electron chi connectivity index (χ0n) is 24.0. The third kappa shape index (κ3) is 10.4. The molecule has 4 atom stereocenters. The first-order chi connectivity index (χ1) is 19.8. The summed E-state index contributed by atoms with van der Waals surface area (Å²) < 4.78 is 0. The monoisotopic (exact) mass is 588 g/mol. The summed E-state index contributed by atoms with van der Waals surface area (Å²) in [4.78, 5) is 82.8. The molecule has 42 heavy (non-hydrogen) atoms. The first kappa shape index (κ1) is 33.5. The highest BCUT2D eigenvalue weighted by Crippen LogP contribution is 2.15. The molecule has 5 amide bonds. The van der Waals surface area contributed by atoms with E-state index in [1.165, 1.54) is 11.9 Å². The first-order valence-corrected chi connectivity index (χ1v) is 13.6. The molecule has 1 heterocycles. The van der Waals surface area contributed by atoms with E-state index in [-0.39, 0.29) is 25.3 Å². The number of nitrogens with zero attached hydrogens (tertiary/aromatic N) is 2. The van der Waals surface area contributed by atoms with Crippen LogP contribution in [0.3, 0.4) is 0 Å². The Labute approximate surface area is 243 Å². The smallest absolute Gasteiger partial charge is 0.305 e. The molecule has 0 unspecified atom stereocenters. The van der Waals surface area contributed by atoms with Gasteiger partial charge in [-0.2, -0.15) is 0 Å². The number of hydrogen-bond acceptors (Lipinski definition) is 7. The number of aliphatic imine (C=N–C) groups is 1. The van der Waals surface area contributed by atoms with E-state index in [1.54, 1.807) is 44.2 Å². The van der Waals surface area contributed by atoms with Gasteiger partial charge in [-0.3, -0.25) is 33.8 Å². The van der Waals surface area contributed by atoms with Gasteiger partial charge in [-0.25, -0.2) is 0 Å². The number of carbonyl (C=O) groups excluding carboxylic acids is 5. The summed E-state index contributed by atoms with van der Waals surface area (Å²) in [5.74, 6) is -5.58. The Morgan fingerprint density at radius 2 is 1.62 bits per heavy atom. The minimum Gasteiger partial charge on any atom is -0.481 e. The third-order valence-corrected chi connectivity index (χ3v) is 6.59. The molecule has 0 bridgehead atoms. The van der Waals surface area contributed by atoms with Gasteiger partial charge < -0.3 is 42.7 Å². The SMILES string of the molecule is CC(C)[C@@H]1C(=O)N[C@H](CCCN=C(N)N)C(=O)NCC(=O)N[C@H](CC(=O)O)C(=O)N[C@@H](Cc2ccccc2)C(=O)N1C. The molecule has 1 saturated heterocycles. The van der Waals surface area contributed by atoms with E-state index >= 15 is 0 Å². The maximum absolute atomic E-state index is 13.8. The summed E-state index contributed by atoms with van der Waals surface area (Å²) in [5, 5.41) is 19.3. The summed E-state index contributed by atoms with van der Waals surface area (Å²) >= 11 is 0. The topological polar surface area (TPSA) is 238 Å². The molecule has 15 heteroatoms. The number of carbonyl (C=O) groups is 6. The molecule has 1 aromatic carbocycles. The van der Waals surface area contributed by atoms with Crippen molar-refractivity contribution in [3.63, 3.8) is 0 Å². The fourth-order valence-electron chi connectivity index (χ4n) is 4.58. The van der Waals surface area contributed by atoms with Gasteiger partial charge in [0.25, 0.3) is 0 Å². The van der Waals surface area contributed by atoms with Crippen LogP contribution < -0.4 is 32.7 Å². The average Bonchev–Trinajstić information content (AvgIpc) is 2.91. The average molecular weight is 589 g/mol. The van der Waals surface area contributed by atoms with Gasteiger partial charge in [0.1, 0.15) is 24.2 Å². The van der Waals surface area contributed by atoms with Crippen LogP contribution in [0.1, 0.15) is 38.7 Å². The molecule has 2 rings (SSSR count). The molecule has 9 N–H and O–H groups in total. The Kier molecular flexibility index (Phi) is 12.7. The number of rotatable bonds is 9. The van der Waals surface area contributed by atoms with Crippen LogP contribution in [0.2, 0.25) is 0 Å². The molecule has 1 fully saturated rings. The van der Waals surface area contributed by atoms with E-state index in [2.05, 4.69) is 26.3 Å². The molecule has 1 aromatic rings. The lowest BCUT2D eigenvalue weighted by Crippen LogP contribution is -2.59. The quantitative estimate of drug-likeness (QED) is 0.0942. The molecule has 0 saturated carbocycles. The summed E-state index contributed by atoms with van der Waals surface area (Å²) in [5.41, 5.74) is 11.4. The van der Waals surface area contributed by atoms with Gasteiger partial charge in [-0.1, -0.05) is 44.2 Å². The summed E-state index contributed by atoms with van der Waals surface area (Å²) in [6, 6.07) is 3.92. The Morgan fingerprint density at radius 1 is 0.976 bits per heavy atom. The second kappa shape index (κ2) is 15.9. The second-order valence-corrected chi connectivity index (χ2v) is 10.3. The van der Waals surface area contributed by atoms with Crippen molar-refractivity contribution in [2.45, 2.75) is 63.7 Å². The molecular weight excluding hydrogens is 548 g/mol. The summed E-state index contributed by atoms with van der Waals surface area (Å²) in [6.45, 7) is 3.04. The number of amides is 5. The standard InChI is InChI=1S/C27H40N8O7/c1-15(2)22-25(41)33-17(10-7-11-30-27(28)29)23(39)31-14-20(36)32-18(13-21(37)38)24(40)34-19(26(42)35(22)3)12-16-8-5-4-6-9-16/h4-6,8-9,15,17-19,22H,7,10-14H2,1-3H3,(H,31,39)(H,32,36)(H,33,41)(H,34,40)(H,37,38)(H4,28,29,30)/t17-,18-,19+,22-/m1/s1. The Hall–Kier alpha value is -4.69. The van der Waals surface area contributed by atoms with Gasteiger partial charge in [-0.05, 0) is 24.3 Å². The minimum atomic E-state index is -1.54. The van der Waals surface area contributed by atoms with Crippen LogP contribution in [-0.2, 0) is 35.2 Å². The van der Waals surface area contributed by atoms with Crippen LogP contribution in [-0.4, -0.2) is 95.8 Å². The van der Waals surface area contributed by atoms with Crippen LogP contribution in [0.15, 0.2) is 35.3 Å². The van der Waals surface area contributed by atoms with E-state index in [0.717, 1.165) is 0 Å². The van der Waals surface area contributed by atoms with Crippen molar-refractivity contribution in [1.82, 2.24) is 26.2 Å². The van der Waals surface area contributed by atoms with Gasteiger partial charge in [0.05, 0.1) is 13.0 Å². The number of aliphatic carboxylic acids is 1. The molecule has 1 aliphatic rings. The van der Waals surface area contributed by atoms with Gasteiger partial charge >= 0.3 is 5.97 Å². The third-order valence-electron chi connectivity index (χ3n) is 6.59. The van der Waals surface area contributed by atoms with E-state index in [0.29, 0.717) is 12.0 Å². The maximum Gasteiger partial charge on any atom is 0.305 e. The van der Waals surface area contributed by atoms with Crippen molar-refractivity contribution < 1.29 is 33.9 Å². The van der Waals surface area contributed by atoms with Gasteiger partial charge in [0, 0.05) is 20.0 Å². The van der Waals surface area contributed by atoms with Crippen LogP contribution in [0.5, 0.6) is 0 Å². The summed E-state index contributed by atoms with van der Waals surface area (Å²) in [6.07, 6.45) is -0.322. The Bertz CT molecular complexity index is 1170. The lowest BCUT2D eigenvalue weighted by Gasteiger charge is -2.34. The molecule has 230 valence electrons. The van der Waals surface area contributed by atoms with E-state index < -0.39 is 78.6 Å². The number of nitrogens with one attached hydrogen (secondary N) is 4. The Morgan fingerprint density at radius 3 is 2.21 bits per heavy atom. The van der Waals surface area contributed by atoms with Gasteiger partial charge in [-0.15, -0.1) is 0 Å². The normalized spacial score (nSPS) is 22.7. The van der Waals surface area contributed by atoms with E-state index in [4.69, 9.17) is 11.5 Å². The number of guanidine groups is 1. The van der Waals surface area contributed by atoms with Crippen molar-refractivity contribution in [3.8, 4) is 0 Å². The first-order valence-electron chi connectivity index (χ1n) is 13.6. The maximum atomic E-state index is 13.8. The lowest BCUT2D eigenvalue weighted by molar-refractivity contribution is -0.144. The van der Waals surface area contributed by atoms with Crippen LogP contribution >= 0.6 is 0 Å². The van der Waals surface area contributed by atoms with E-state index in [9.17, 15) is 33.9 Å². The number of hydrogen-bond donors (Lipinski definition) is 7. The van der Waals surface area contributed by atoms with Crippen molar-refractivity contribution in [1.29, 1.82) is 0 Å². The molecule has 15 nitrogen and oxygen atoms in total. The van der Waals surface area contributed by atoms with Crippen molar-refractivity contribution in [2.24, 2.45) is 22.4 Å². The highest BCUT2D eigenvalue weighted by molar-refractivity contribution is 5.98. The number of carboxylic acid groups (broad SMARTS) is 1. The van der Waals surface area contributed by atoms with E-state index in [1.807, 2.05) is 0 Å². The second-order valence-electron chi connectivity index (χ2n) is 10.3. The predicted molar refractivity (Wildman–Crippen MR) is 153 cm³/mol. The molecule has 0 aliphatic carbocycles. The molecule has 0 spiro atoms. The fourth-order valence-corrected chi connectivity index (χ4v) is 4.58.